The van der Waals surface area contributed by atoms with Crippen LogP contribution in [0.1, 0.15) is 33.3 Å². The van der Waals surface area contributed by atoms with Crippen LogP contribution in [0.4, 0.5) is 0 Å². The monoisotopic (exact) mass is 357 g/mol. The van der Waals surface area contributed by atoms with Gasteiger partial charge in [-0.3, -0.25) is 9.48 Å². The zero-order valence-corrected chi connectivity index (χ0v) is 14.7. The van der Waals surface area contributed by atoms with Crippen molar-refractivity contribution in [2.45, 2.75) is 20.0 Å². The van der Waals surface area contributed by atoms with Crippen molar-refractivity contribution >= 4 is 34.4 Å². The Morgan fingerprint density at radius 3 is 2.56 bits per heavy atom. The maximum atomic E-state index is 12.3. The number of pyridine rings is 1. The zero-order valence-electron chi connectivity index (χ0n) is 14.0. The first-order valence-electron chi connectivity index (χ1n) is 7.67. The van der Waals surface area contributed by atoms with Crippen molar-refractivity contribution in [1.82, 2.24) is 14.8 Å². The van der Waals surface area contributed by atoms with E-state index in [0.29, 0.717) is 16.2 Å². The molecule has 0 aliphatic carbocycles. The Morgan fingerprint density at radius 1 is 1.20 bits per heavy atom. The number of hydrogen-bond donors (Lipinski definition) is 0. The van der Waals surface area contributed by atoms with Crippen LogP contribution in [0, 0.1) is 6.92 Å². The normalized spacial score (nSPS) is 12.2. The average Bonchev–Trinajstić information content (AvgIpc) is 2.88. The molecule has 3 rings (SSSR count). The molecule has 1 atom stereocenters. The van der Waals surface area contributed by atoms with E-state index in [4.69, 9.17) is 16.3 Å². The molecule has 0 saturated carbocycles. The van der Waals surface area contributed by atoms with Crippen LogP contribution in [0.25, 0.3) is 11.0 Å². The van der Waals surface area contributed by atoms with Crippen LogP contribution < -0.4 is 0 Å². The van der Waals surface area contributed by atoms with Crippen molar-refractivity contribution in [3.05, 3.63) is 58.4 Å². The minimum Gasteiger partial charge on any atom is -0.451 e. The molecule has 1 unspecified atom stereocenters. The number of carbonyl (C=O) groups excluding carboxylic acids is 2. The first-order chi connectivity index (χ1) is 11.9. The van der Waals surface area contributed by atoms with Crippen molar-refractivity contribution in [3.63, 3.8) is 0 Å². The maximum Gasteiger partial charge on any atom is 0.340 e. The summed E-state index contributed by atoms with van der Waals surface area (Å²) in [4.78, 5) is 28.9. The van der Waals surface area contributed by atoms with Crippen LogP contribution in [0.5, 0.6) is 0 Å². The molecule has 1 aromatic carbocycles. The van der Waals surface area contributed by atoms with Gasteiger partial charge in [0.1, 0.15) is 0 Å². The number of Topliss-reactive ketones (excluding diaryl/α,β-unsaturated/α-hetero) is 1. The molecule has 0 amide bonds. The summed E-state index contributed by atoms with van der Waals surface area (Å²) >= 11 is 5.81. The summed E-state index contributed by atoms with van der Waals surface area (Å²) in [6.45, 7) is 3.38. The summed E-state index contributed by atoms with van der Waals surface area (Å²) in [5.74, 6) is -0.899. The molecule has 3 aromatic rings. The summed E-state index contributed by atoms with van der Waals surface area (Å²) < 4.78 is 6.94. The third-order valence-corrected chi connectivity index (χ3v) is 4.13. The first-order valence-corrected chi connectivity index (χ1v) is 8.04. The molecule has 6 nitrogen and oxygen atoms in total. The van der Waals surface area contributed by atoms with Crippen LogP contribution in [0.3, 0.4) is 0 Å². The second kappa shape index (κ2) is 6.64. The molecule has 0 fully saturated rings. The third kappa shape index (κ3) is 3.39. The van der Waals surface area contributed by atoms with Crippen LogP contribution in [0.15, 0.2) is 36.5 Å². The van der Waals surface area contributed by atoms with Gasteiger partial charge in [-0.25, -0.2) is 9.78 Å². The van der Waals surface area contributed by atoms with Crippen molar-refractivity contribution in [3.8, 4) is 0 Å². The Balaban J connectivity index is 1.78. The number of esters is 1. The van der Waals surface area contributed by atoms with E-state index in [1.807, 2.05) is 6.92 Å². The van der Waals surface area contributed by atoms with Gasteiger partial charge in [0, 0.05) is 29.2 Å². The smallest absolute Gasteiger partial charge is 0.340 e. The number of aromatic nitrogens is 3. The predicted molar refractivity (Wildman–Crippen MR) is 93.9 cm³/mol. The van der Waals surface area contributed by atoms with Crippen LogP contribution in [-0.4, -0.2) is 32.6 Å². The van der Waals surface area contributed by atoms with E-state index in [1.54, 1.807) is 42.1 Å². The fourth-order valence-electron chi connectivity index (χ4n) is 2.55. The minimum absolute atomic E-state index is 0.277. The first kappa shape index (κ1) is 17.1. The van der Waals surface area contributed by atoms with Crippen LogP contribution in [0.2, 0.25) is 5.02 Å². The standard InChI is InChI=1S/C18H16ClN3O3/c1-10-15-8-13(9-20-17(15)22(3)21-10)18(24)25-11(2)16(23)12-4-6-14(19)7-5-12/h4-9,11H,1-3H3. The fourth-order valence-corrected chi connectivity index (χ4v) is 2.68. The highest BCUT2D eigenvalue weighted by Gasteiger charge is 2.21. The molecule has 0 N–H and O–H groups in total. The molecule has 0 radical (unpaired) electrons. The van der Waals surface area contributed by atoms with Gasteiger partial charge in [0.2, 0.25) is 5.78 Å². The van der Waals surface area contributed by atoms with E-state index in [-0.39, 0.29) is 11.3 Å². The third-order valence-electron chi connectivity index (χ3n) is 3.88. The molecule has 0 aliphatic rings. The number of hydrogen-bond acceptors (Lipinski definition) is 5. The number of nitrogens with zero attached hydrogens (tertiary/aromatic N) is 3. The van der Waals surface area contributed by atoms with Gasteiger partial charge in [-0.2, -0.15) is 5.10 Å². The molecular weight excluding hydrogens is 342 g/mol. The van der Waals surface area contributed by atoms with Gasteiger partial charge < -0.3 is 4.74 Å². The highest BCUT2D eigenvalue weighted by atomic mass is 35.5. The number of halogens is 1. The van der Waals surface area contributed by atoms with E-state index >= 15 is 0 Å². The van der Waals surface area contributed by atoms with Crippen molar-refractivity contribution in [2.75, 3.05) is 0 Å². The van der Waals surface area contributed by atoms with Gasteiger partial charge in [-0.1, -0.05) is 11.6 Å². The van der Waals surface area contributed by atoms with E-state index in [0.717, 1.165) is 11.1 Å². The highest BCUT2D eigenvalue weighted by Crippen LogP contribution is 2.18. The summed E-state index contributed by atoms with van der Waals surface area (Å²) in [7, 11) is 1.78. The molecule has 2 heterocycles. The Kier molecular flexibility index (Phi) is 4.55. The second-order valence-electron chi connectivity index (χ2n) is 5.72. The Hall–Kier alpha value is -2.73. The van der Waals surface area contributed by atoms with Crippen LogP contribution >= 0.6 is 11.6 Å². The van der Waals surface area contributed by atoms with E-state index in [1.165, 1.54) is 13.1 Å². The zero-order chi connectivity index (χ0) is 18.1. The SMILES string of the molecule is Cc1nn(C)c2ncc(C(=O)OC(C)C(=O)c3ccc(Cl)cc3)cc12. The number of ketones is 1. The summed E-state index contributed by atoms with van der Waals surface area (Å²) in [6, 6.07) is 8.11. The van der Waals surface area contributed by atoms with Crippen molar-refractivity contribution in [1.29, 1.82) is 0 Å². The van der Waals surface area contributed by atoms with E-state index in [9.17, 15) is 9.59 Å². The van der Waals surface area contributed by atoms with Gasteiger partial charge in [-0.15, -0.1) is 0 Å². The number of aryl methyl sites for hydroxylation is 2. The number of carbonyl (C=O) groups is 2. The lowest BCUT2D eigenvalue weighted by atomic mass is 10.1. The fraction of sp³-hybridized carbons (Fsp3) is 0.222. The number of fused-ring (bicyclic) bond motifs is 1. The minimum atomic E-state index is -0.917. The Labute approximate surface area is 149 Å². The molecule has 0 aliphatic heterocycles. The lowest BCUT2D eigenvalue weighted by molar-refractivity contribution is 0.0318. The van der Waals surface area contributed by atoms with Crippen molar-refractivity contribution in [2.24, 2.45) is 7.05 Å². The molecule has 0 saturated heterocycles. The Morgan fingerprint density at radius 2 is 1.88 bits per heavy atom. The van der Waals surface area contributed by atoms with Gasteiger partial charge in [0.25, 0.3) is 0 Å². The largest absolute Gasteiger partial charge is 0.451 e. The number of rotatable bonds is 4. The molecule has 0 spiro atoms. The van der Waals surface area contributed by atoms with Crippen molar-refractivity contribution < 1.29 is 14.3 Å². The molecular formula is C18H16ClN3O3. The van der Waals surface area contributed by atoms with Crippen LogP contribution in [-0.2, 0) is 11.8 Å². The van der Waals surface area contributed by atoms with E-state index < -0.39 is 12.1 Å². The summed E-state index contributed by atoms with van der Waals surface area (Å²) in [5.41, 5.74) is 2.16. The van der Waals surface area contributed by atoms with Gasteiger partial charge in [-0.05, 0) is 44.2 Å². The molecule has 0 bridgehead atoms. The topological polar surface area (TPSA) is 74.1 Å². The molecule has 128 valence electrons. The lowest BCUT2D eigenvalue weighted by Crippen LogP contribution is -2.24. The van der Waals surface area contributed by atoms with Gasteiger partial charge in [0.05, 0.1) is 11.3 Å². The predicted octanol–water partition coefficient (Wildman–Crippen LogP) is 3.36. The Bertz CT molecular complexity index is 964. The highest BCUT2D eigenvalue weighted by molar-refractivity contribution is 6.30. The average molecular weight is 358 g/mol. The summed E-state index contributed by atoms with van der Waals surface area (Å²) in [5, 5.41) is 5.57. The number of ether oxygens (including phenoxy) is 1. The van der Waals surface area contributed by atoms with Gasteiger partial charge in [0.15, 0.2) is 11.8 Å². The maximum absolute atomic E-state index is 12.3. The van der Waals surface area contributed by atoms with Gasteiger partial charge >= 0.3 is 5.97 Å². The molecule has 25 heavy (non-hydrogen) atoms. The molecule has 7 heteroatoms. The second-order valence-corrected chi connectivity index (χ2v) is 6.16. The molecule has 2 aromatic heterocycles. The summed E-state index contributed by atoms with van der Waals surface area (Å²) in [6.07, 6.45) is 0.505. The quantitative estimate of drug-likeness (QED) is 0.528. The number of benzene rings is 1. The lowest BCUT2D eigenvalue weighted by Gasteiger charge is -2.12. The van der Waals surface area contributed by atoms with E-state index in [2.05, 4.69) is 10.1 Å².